The Hall–Kier alpha value is -1.66. The second-order valence-electron chi connectivity index (χ2n) is 4.52. The molecule has 1 N–H and O–H groups in total. The number of benzene rings is 1. The average molecular weight is 294 g/mol. The van der Waals surface area contributed by atoms with Gasteiger partial charge in [-0.2, -0.15) is 0 Å². The lowest BCUT2D eigenvalue weighted by Crippen LogP contribution is -2.16. The van der Waals surface area contributed by atoms with Crippen molar-refractivity contribution in [1.82, 2.24) is 10.3 Å². The Morgan fingerprint density at radius 2 is 1.95 bits per heavy atom. The van der Waals surface area contributed by atoms with E-state index in [-0.39, 0.29) is 0 Å². The maximum absolute atomic E-state index is 11.4. The summed E-state index contributed by atoms with van der Waals surface area (Å²) in [5, 5.41) is 3.20. The van der Waals surface area contributed by atoms with Gasteiger partial charge in [-0.25, -0.2) is 13.4 Å². The van der Waals surface area contributed by atoms with Crippen LogP contribution < -0.4 is 5.32 Å². The van der Waals surface area contributed by atoms with Gasteiger partial charge in [0.25, 0.3) is 0 Å². The Kier molecular flexibility index (Phi) is 4.57. The van der Waals surface area contributed by atoms with Crippen molar-refractivity contribution in [3.63, 3.8) is 0 Å². The van der Waals surface area contributed by atoms with Gasteiger partial charge in [-0.05, 0) is 30.8 Å². The number of hydrogen-bond acceptors (Lipinski definition) is 5. The number of nitrogens with one attached hydrogen (secondary N) is 1. The van der Waals surface area contributed by atoms with Crippen molar-refractivity contribution in [2.75, 3.05) is 19.3 Å². The largest absolute Gasteiger partial charge is 0.441 e. The fraction of sp³-hybridized carbons (Fsp3) is 0.357. The van der Waals surface area contributed by atoms with Gasteiger partial charge in [-0.15, -0.1) is 0 Å². The van der Waals surface area contributed by atoms with E-state index in [1.807, 2.05) is 6.92 Å². The summed E-state index contributed by atoms with van der Waals surface area (Å²) in [6.07, 6.45) is 3.58. The summed E-state index contributed by atoms with van der Waals surface area (Å²) in [4.78, 5) is 4.51. The second kappa shape index (κ2) is 6.19. The monoisotopic (exact) mass is 294 g/mol. The van der Waals surface area contributed by atoms with Crippen LogP contribution in [0.15, 0.2) is 39.8 Å². The van der Waals surface area contributed by atoms with Gasteiger partial charge in [0, 0.05) is 24.8 Å². The number of oxazole rings is 1. The van der Waals surface area contributed by atoms with E-state index in [4.69, 9.17) is 4.42 Å². The number of hydrogen-bond donors (Lipinski definition) is 1. The first kappa shape index (κ1) is 14.7. The number of nitrogens with zero attached hydrogens (tertiary/aromatic N) is 1. The molecule has 0 atom stereocenters. The lowest BCUT2D eigenvalue weighted by Gasteiger charge is -2.00. The Bertz CT molecular complexity index is 660. The minimum absolute atomic E-state index is 0.299. The van der Waals surface area contributed by atoms with Crippen molar-refractivity contribution in [1.29, 1.82) is 0 Å². The van der Waals surface area contributed by atoms with Crippen LogP contribution in [0.5, 0.6) is 0 Å². The molecule has 0 saturated heterocycles. The molecule has 0 saturated carbocycles. The van der Waals surface area contributed by atoms with Crippen molar-refractivity contribution < 1.29 is 12.8 Å². The second-order valence-corrected chi connectivity index (χ2v) is 6.53. The third-order valence-corrected chi connectivity index (χ3v) is 4.01. The number of likely N-dealkylation sites (N-methyl/N-ethyl adjacent to an activating group) is 1. The van der Waals surface area contributed by atoms with Crippen LogP contribution in [0.3, 0.4) is 0 Å². The maximum Gasteiger partial charge on any atom is 0.196 e. The highest BCUT2D eigenvalue weighted by Gasteiger charge is 2.09. The van der Waals surface area contributed by atoms with Gasteiger partial charge in [0.05, 0.1) is 11.1 Å². The third kappa shape index (κ3) is 3.68. The van der Waals surface area contributed by atoms with E-state index in [0.717, 1.165) is 25.1 Å². The quantitative estimate of drug-likeness (QED) is 0.824. The van der Waals surface area contributed by atoms with Gasteiger partial charge >= 0.3 is 0 Å². The molecule has 0 unspecified atom stereocenters. The molecule has 0 spiro atoms. The van der Waals surface area contributed by atoms with Crippen LogP contribution in [0.25, 0.3) is 11.3 Å². The van der Waals surface area contributed by atoms with Gasteiger partial charge in [0.1, 0.15) is 0 Å². The van der Waals surface area contributed by atoms with E-state index in [1.54, 1.807) is 30.5 Å². The van der Waals surface area contributed by atoms with E-state index < -0.39 is 9.84 Å². The highest BCUT2D eigenvalue weighted by atomic mass is 32.2. The predicted octanol–water partition coefficient (Wildman–Crippen LogP) is 1.90. The fourth-order valence-corrected chi connectivity index (χ4v) is 2.43. The van der Waals surface area contributed by atoms with E-state index in [9.17, 15) is 8.42 Å². The summed E-state index contributed by atoms with van der Waals surface area (Å²) in [6.45, 7) is 3.79. The molecule has 0 aliphatic carbocycles. The number of aromatic nitrogens is 1. The molecule has 2 aromatic rings. The van der Waals surface area contributed by atoms with Gasteiger partial charge in [0.15, 0.2) is 21.5 Å². The molecule has 0 amide bonds. The van der Waals surface area contributed by atoms with Crippen LogP contribution in [0.1, 0.15) is 12.8 Å². The molecule has 0 aliphatic heterocycles. The smallest absolute Gasteiger partial charge is 0.196 e. The van der Waals surface area contributed by atoms with Crippen molar-refractivity contribution in [3.05, 3.63) is 36.4 Å². The van der Waals surface area contributed by atoms with Crippen molar-refractivity contribution >= 4 is 9.84 Å². The molecule has 0 aliphatic rings. The number of sulfone groups is 1. The lowest BCUT2D eigenvalue weighted by atomic mass is 10.2. The Morgan fingerprint density at radius 1 is 1.25 bits per heavy atom. The number of rotatable bonds is 6. The zero-order valence-corrected chi connectivity index (χ0v) is 12.4. The minimum atomic E-state index is -3.17. The summed E-state index contributed by atoms with van der Waals surface area (Å²) < 4.78 is 28.4. The zero-order chi connectivity index (χ0) is 14.6. The minimum Gasteiger partial charge on any atom is -0.441 e. The summed E-state index contributed by atoms with van der Waals surface area (Å²) in [7, 11) is -3.17. The van der Waals surface area contributed by atoms with E-state index >= 15 is 0 Å². The van der Waals surface area contributed by atoms with E-state index in [0.29, 0.717) is 16.5 Å². The summed E-state index contributed by atoms with van der Waals surface area (Å²) in [5.74, 6) is 1.32. The molecule has 108 valence electrons. The Balaban J connectivity index is 2.12. The molecule has 0 radical (unpaired) electrons. The third-order valence-electron chi connectivity index (χ3n) is 2.89. The van der Waals surface area contributed by atoms with E-state index in [2.05, 4.69) is 10.3 Å². The first-order valence-electron chi connectivity index (χ1n) is 6.46. The molecule has 6 heteroatoms. The van der Waals surface area contributed by atoms with Crippen LogP contribution in [-0.4, -0.2) is 32.7 Å². The Morgan fingerprint density at radius 3 is 2.55 bits per heavy atom. The summed E-state index contributed by atoms with van der Waals surface area (Å²) >= 11 is 0. The predicted molar refractivity (Wildman–Crippen MR) is 77.3 cm³/mol. The van der Waals surface area contributed by atoms with Crippen molar-refractivity contribution in [2.24, 2.45) is 0 Å². The Labute approximate surface area is 119 Å². The van der Waals surface area contributed by atoms with E-state index in [1.165, 1.54) is 6.26 Å². The molecule has 1 heterocycles. The van der Waals surface area contributed by atoms with Gasteiger partial charge in [-0.1, -0.05) is 6.92 Å². The molecule has 0 bridgehead atoms. The summed E-state index contributed by atoms with van der Waals surface area (Å²) in [6, 6.07) is 6.60. The SMILES string of the molecule is CCNCCc1ncc(-c2ccc(S(C)(=O)=O)cc2)o1. The van der Waals surface area contributed by atoms with Crippen LogP contribution in [0.4, 0.5) is 0 Å². The molecule has 1 aromatic heterocycles. The molecule has 1 aromatic carbocycles. The zero-order valence-electron chi connectivity index (χ0n) is 11.6. The van der Waals surface area contributed by atoms with Crippen LogP contribution in [-0.2, 0) is 16.3 Å². The first-order chi connectivity index (χ1) is 9.50. The van der Waals surface area contributed by atoms with Crippen LogP contribution >= 0.6 is 0 Å². The normalized spacial score (nSPS) is 11.7. The summed E-state index contributed by atoms with van der Waals surface area (Å²) in [5.41, 5.74) is 0.819. The van der Waals surface area contributed by atoms with Crippen LogP contribution in [0.2, 0.25) is 0 Å². The topological polar surface area (TPSA) is 72.2 Å². The average Bonchev–Trinajstić information content (AvgIpc) is 2.87. The van der Waals surface area contributed by atoms with Crippen LogP contribution in [0, 0.1) is 0 Å². The molecule has 0 fully saturated rings. The molecule has 5 nitrogen and oxygen atoms in total. The van der Waals surface area contributed by atoms with Gasteiger partial charge in [-0.3, -0.25) is 0 Å². The van der Waals surface area contributed by atoms with Crippen molar-refractivity contribution in [3.8, 4) is 11.3 Å². The molecular weight excluding hydrogens is 276 g/mol. The maximum atomic E-state index is 11.4. The molecule has 2 rings (SSSR count). The fourth-order valence-electron chi connectivity index (χ4n) is 1.80. The lowest BCUT2D eigenvalue weighted by molar-refractivity contribution is 0.497. The first-order valence-corrected chi connectivity index (χ1v) is 8.35. The highest BCUT2D eigenvalue weighted by Crippen LogP contribution is 2.22. The molecular formula is C14H18N2O3S. The standard InChI is InChI=1S/C14H18N2O3S/c1-3-15-9-8-14-16-10-13(19-14)11-4-6-12(7-5-11)20(2,17)18/h4-7,10,15H,3,8-9H2,1-2H3. The molecule has 20 heavy (non-hydrogen) atoms. The van der Waals surface area contributed by atoms with Gasteiger partial charge in [0.2, 0.25) is 0 Å². The van der Waals surface area contributed by atoms with Crippen molar-refractivity contribution in [2.45, 2.75) is 18.2 Å². The van der Waals surface area contributed by atoms with Gasteiger partial charge < -0.3 is 9.73 Å². The highest BCUT2D eigenvalue weighted by molar-refractivity contribution is 7.90.